The quantitative estimate of drug-likeness (QED) is 0.932. The smallest absolute Gasteiger partial charge is 0.268 e. The predicted molar refractivity (Wildman–Crippen MR) is 68.9 cm³/mol. The van der Waals surface area contributed by atoms with Crippen molar-refractivity contribution in [2.45, 2.75) is 25.3 Å². The number of hydrogen-bond donors (Lipinski definition) is 1. The van der Waals surface area contributed by atoms with E-state index < -0.39 is 5.91 Å². The van der Waals surface area contributed by atoms with Gasteiger partial charge in [-0.2, -0.15) is 0 Å². The van der Waals surface area contributed by atoms with Gasteiger partial charge in [0.05, 0.1) is 6.54 Å². The third kappa shape index (κ3) is 2.26. The number of primary amides is 1. The summed E-state index contributed by atoms with van der Waals surface area (Å²) in [4.78, 5) is 20.5. The summed E-state index contributed by atoms with van der Waals surface area (Å²) in [6, 6.07) is 0. The van der Waals surface area contributed by atoms with Gasteiger partial charge in [0.25, 0.3) is 5.91 Å². The van der Waals surface area contributed by atoms with Crippen LogP contribution in [0.3, 0.4) is 0 Å². The molecule has 2 aromatic rings. The van der Waals surface area contributed by atoms with Gasteiger partial charge in [0, 0.05) is 23.2 Å². The molecule has 1 fully saturated rings. The summed E-state index contributed by atoms with van der Waals surface area (Å²) in [5.74, 6) is 0.910. The van der Waals surface area contributed by atoms with E-state index in [1.54, 1.807) is 12.4 Å². The molecular weight excluding hydrogens is 272 g/mol. The second-order valence-corrected chi connectivity index (χ2v) is 6.03. The zero-order valence-electron chi connectivity index (χ0n) is 9.47. The van der Waals surface area contributed by atoms with E-state index in [1.807, 2.05) is 4.57 Å². The molecule has 94 valence electrons. The number of amides is 1. The van der Waals surface area contributed by atoms with Gasteiger partial charge in [0.1, 0.15) is 11.5 Å². The van der Waals surface area contributed by atoms with E-state index >= 15 is 0 Å². The number of carbonyl (C=O) groups excluding carboxylic acids is 1. The molecule has 0 aliphatic heterocycles. The lowest BCUT2D eigenvalue weighted by Crippen LogP contribution is -2.11. The van der Waals surface area contributed by atoms with Crippen molar-refractivity contribution >= 4 is 28.8 Å². The van der Waals surface area contributed by atoms with E-state index in [-0.39, 0.29) is 0 Å². The number of rotatable bonds is 4. The Balaban J connectivity index is 1.92. The summed E-state index contributed by atoms with van der Waals surface area (Å²) in [6.07, 6.45) is 5.70. The molecule has 2 aromatic heterocycles. The lowest BCUT2D eigenvalue weighted by atomic mass is 10.4. The molecule has 0 saturated heterocycles. The minimum Gasteiger partial charge on any atom is -0.364 e. The maximum atomic E-state index is 11.2. The minimum absolute atomic E-state index is 0.326. The van der Waals surface area contributed by atoms with Crippen LogP contribution in [0.1, 0.15) is 39.9 Å². The highest BCUT2D eigenvalue weighted by Crippen LogP contribution is 2.39. The zero-order chi connectivity index (χ0) is 12.7. The van der Waals surface area contributed by atoms with Crippen molar-refractivity contribution in [1.82, 2.24) is 14.5 Å². The largest absolute Gasteiger partial charge is 0.364 e. The second kappa shape index (κ2) is 4.37. The number of carbonyl (C=O) groups is 1. The van der Waals surface area contributed by atoms with E-state index in [0.717, 1.165) is 23.5 Å². The minimum atomic E-state index is -0.488. The van der Waals surface area contributed by atoms with Gasteiger partial charge in [0.15, 0.2) is 4.47 Å². The van der Waals surface area contributed by atoms with E-state index in [9.17, 15) is 4.79 Å². The SMILES string of the molecule is NC(=O)c1cn(Cc2cnc(Cl)s2)c(C2CC2)n1. The summed E-state index contributed by atoms with van der Waals surface area (Å²) < 4.78 is 2.50. The summed E-state index contributed by atoms with van der Waals surface area (Å²) in [7, 11) is 0. The first kappa shape index (κ1) is 11.7. The molecule has 1 aliphatic carbocycles. The van der Waals surface area contributed by atoms with Crippen LogP contribution in [0.4, 0.5) is 0 Å². The Bertz CT molecular complexity index is 602. The van der Waals surface area contributed by atoms with Crippen LogP contribution in [-0.4, -0.2) is 20.4 Å². The normalized spacial score (nSPS) is 14.9. The molecule has 2 heterocycles. The molecule has 2 N–H and O–H groups in total. The lowest BCUT2D eigenvalue weighted by molar-refractivity contribution is 0.0996. The lowest BCUT2D eigenvalue weighted by Gasteiger charge is -2.03. The van der Waals surface area contributed by atoms with Crippen molar-refractivity contribution in [3.63, 3.8) is 0 Å². The van der Waals surface area contributed by atoms with Crippen molar-refractivity contribution in [2.75, 3.05) is 0 Å². The van der Waals surface area contributed by atoms with Crippen LogP contribution >= 0.6 is 22.9 Å². The summed E-state index contributed by atoms with van der Waals surface area (Å²) in [6.45, 7) is 0.635. The number of imidazole rings is 1. The molecule has 18 heavy (non-hydrogen) atoms. The highest BCUT2D eigenvalue weighted by atomic mass is 35.5. The number of thiazole rings is 1. The van der Waals surface area contributed by atoms with E-state index in [4.69, 9.17) is 17.3 Å². The molecule has 5 nitrogen and oxygen atoms in total. The first-order chi connectivity index (χ1) is 8.63. The molecule has 1 aliphatic rings. The number of nitrogens with zero attached hydrogens (tertiary/aromatic N) is 3. The first-order valence-corrected chi connectivity index (χ1v) is 6.80. The maximum absolute atomic E-state index is 11.2. The van der Waals surface area contributed by atoms with E-state index in [2.05, 4.69) is 9.97 Å². The average Bonchev–Trinajstić information content (AvgIpc) is 2.95. The molecular formula is C11H11ClN4OS. The van der Waals surface area contributed by atoms with Crippen molar-refractivity contribution < 1.29 is 4.79 Å². The van der Waals surface area contributed by atoms with E-state index in [0.29, 0.717) is 22.6 Å². The monoisotopic (exact) mass is 282 g/mol. The van der Waals surface area contributed by atoms with Gasteiger partial charge in [-0.3, -0.25) is 4.79 Å². The van der Waals surface area contributed by atoms with Crippen molar-refractivity contribution in [2.24, 2.45) is 5.73 Å². The maximum Gasteiger partial charge on any atom is 0.268 e. The van der Waals surface area contributed by atoms with Crippen LogP contribution in [0.2, 0.25) is 4.47 Å². The Morgan fingerprint density at radius 2 is 2.39 bits per heavy atom. The first-order valence-electron chi connectivity index (χ1n) is 5.60. The van der Waals surface area contributed by atoms with E-state index in [1.165, 1.54) is 11.3 Å². The highest BCUT2D eigenvalue weighted by molar-refractivity contribution is 7.15. The third-order valence-electron chi connectivity index (χ3n) is 2.85. The molecule has 1 saturated carbocycles. The Morgan fingerprint density at radius 1 is 1.61 bits per heavy atom. The number of aromatic nitrogens is 3. The molecule has 7 heteroatoms. The summed E-state index contributed by atoms with van der Waals surface area (Å²) >= 11 is 7.24. The molecule has 0 bridgehead atoms. The standard InChI is InChI=1S/C11H11ClN4OS/c12-11-14-3-7(18-11)4-16-5-8(9(13)17)15-10(16)6-1-2-6/h3,5-6H,1-2,4H2,(H2,13,17). The molecule has 0 spiro atoms. The number of nitrogens with two attached hydrogens (primary N) is 1. The van der Waals surface area contributed by atoms with Crippen molar-refractivity contribution in [3.8, 4) is 0 Å². The highest BCUT2D eigenvalue weighted by Gasteiger charge is 2.29. The molecule has 0 atom stereocenters. The van der Waals surface area contributed by atoms with Gasteiger partial charge >= 0.3 is 0 Å². The fraction of sp³-hybridized carbons (Fsp3) is 0.364. The van der Waals surface area contributed by atoms with Crippen LogP contribution in [0.15, 0.2) is 12.4 Å². The topological polar surface area (TPSA) is 73.8 Å². The Kier molecular flexibility index (Phi) is 2.83. The van der Waals surface area contributed by atoms with Gasteiger partial charge in [-0.1, -0.05) is 11.6 Å². The Morgan fingerprint density at radius 3 is 2.94 bits per heavy atom. The zero-order valence-corrected chi connectivity index (χ0v) is 11.0. The predicted octanol–water partition coefficient (Wildman–Crippen LogP) is 2.02. The molecule has 1 amide bonds. The van der Waals surface area contributed by atoms with Crippen LogP contribution in [-0.2, 0) is 6.54 Å². The van der Waals surface area contributed by atoms with Crippen LogP contribution in [0.5, 0.6) is 0 Å². The van der Waals surface area contributed by atoms with Crippen LogP contribution in [0.25, 0.3) is 0 Å². The fourth-order valence-electron chi connectivity index (χ4n) is 1.87. The van der Waals surface area contributed by atoms with Crippen LogP contribution in [0, 0.1) is 0 Å². The van der Waals surface area contributed by atoms with Gasteiger partial charge in [-0.25, -0.2) is 9.97 Å². The van der Waals surface area contributed by atoms with Gasteiger partial charge < -0.3 is 10.3 Å². The van der Waals surface area contributed by atoms with Gasteiger partial charge in [-0.15, -0.1) is 11.3 Å². The number of halogens is 1. The van der Waals surface area contributed by atoms with Crippen molar-refractivity contribution in [1.29, 1.82) is 0 Å². The Labute approximate surface area is 113 Å². The molecule has 3 rings (SSSR count). The Hall–Kier alpha value is -1.40. The summed E-state index contributed by atoms with van der Waals surface area (Å²) in [5, 5.41) is 0. The molecule has 0 aromatic carbocycles. The summed E-state index contributed by atoms with van der Waals surface area (Å²) in [5.41, 5.74) is 5.59. The molecule has 0 unspecified atom stereocenters. The average molecular weight is 283 g/mol. The van der Waals surface area contributed by atoms with Gasteiger partial charge in [-0.05, 0) is 12.8 Å². The fourth-order valence-corrected chi connectivity index (χ4v) is 2.84. The van der Waals surface area contributed by atoms with Gasteiger partial charge in [0.2, 0.25) is 0 Å². The van der Waals surface area contributed by atoms with Crippen LogP contribution < -0.4 is 5.73 Å². The third-order valence-corrected chi connectivity index (χ3v) is 3.95. The number of hydrogen-bond acceptors (Lipinski definition) is 4. The van der Waals surface area contributed by atoms with Crippen molar-refractivity contribution in [3.05, 3.63) is 33.3 Å². The second-order valence-electron chi connectivity index (χ2n) is 4.33. The molecule has 0 radical (unpaired) electrons.